The van der Waals surface area contributed by atoms with Crippen LogP contribution in [0.1, 0.15) is 31.2 Å². The number of carbonyl (C=O) groups is 5. The average molecular weight is 523 g/mol. The average Bonchev–Trinajstić information content (AvgIpc) is 2.82. The van der Waals surface area contributed by atoms with Crippen molar-refractivity contribution in [3.8, 4) is 5.75 Å². The molecule has 1 aromatic carbocycles. The van der Waals surface area contributed by atoms with Gasteiger partial charge in [-0.1, -0.05) is 12.1 Å². The van der Waals surface area contributed by atoms with E-state index in [1.54, 1.807) is 12.1 Å². The molecule has 0 aliphatic rings. The predicted octanol–water partition coefficient (Wildman–Crippen LogP) is -3.25. The number of rotatable bonds is 16. The highest BCUT2D eigenvalue weighted by atomic mass is 16.4. The fraction of sp³-hybridized carbons (Fsp3) is 0.455. The standard InChI is InChI=1S/C22H34N8O7/c23-14(10-12-3-5-13(31)6-4-12)19(34)30-15(7-8-17(24)32)20(35)28-11-18(33)29-16(21(36)37)2-1-9-27-22(25)26/h3-6,14-16,31H,1-2,7-11,23H2,(H2,24,32)(H,28,35)(H,29,33)(H,30,34)(H,36,37)(H4,25,26,27). The van der Waals surface area contributed by atoms with Gasteiger partial charge in [0, 0.05) is 13.0 Å². The van der Waals surface area contributed by atoms with Crippen LogP contribution in [0, 0.1) is 0 Å². The summed E-state index contributed by atoms with van der Waals surface area (Å²) in [5.41, 5.74) is 22.1. The minimum absolute atomic E-state index is 0.0437. The van der Waals surface area contributed by atoms with Gasteiger partial charge in [-0.05, 0) is 43.4 Å². The van der Waals surface area contributed by atoms with Gasteiger partial charge in [0.2, 0.25) is 23.6 Å². The minimum Gasteiger partial charge on any atom is -0.508 e. The Morgan fingerprint density at radius 1 is 0.919 bits per heavy atom. The topological polar surface area (TPSA) is 278 Å². The molecular formula is C22H34N8O7. The molecule has 1 rings (SSSR count). The van der Waals surface area contributed by atoms with Gasteiger partial charge in [-0.2, -0.15) is 0 Å². The van der Waals surface area contributed by atoms with Crippen LogP contribution in [0.4, 0.5) is 0 Å². The number of aliphatic carboxylic acids is 1. The van der Waals surface area contributed by atoms with E-state index < -0.39 is 54.3 Å². The largest absolute Gasteiger partial charge is 0.508 e. The minimum atomic E-state index is -1.28. The van der Waals surface area contributed by atoms with Gasteiger partial charge >= 0.3 is 5.97 Å². The number of aromatic hydroxyl groups is 1. The summed E-state index contributed by atoms with van der Waals surface area (Å²) >= 11 is 0. The molecule has 0 saturated carbocycles. The molecule has 0 bridgehead atoms. The number of phenols is 1. The van der Waals surface area contributed by atoms with E-state index in [4.69, 9.17) is 22.9 Å². The van der Waals surface area contributed by atoms with Gasteiger partial charge < -0.3 is 49.1 Å². The maximum Gasteiger partial charge on any atom is 0.326 e. The number of nitrogens with one attached hydrogen (secondary N) is 3. The third kappa shape index (κ3) is 12.7. The first-order valence-corrected chi connectivity index (χ1v) is 11.4. The normalized spacial score (nSPS) is 12.9. The van der Waals surface area contributed by atoms with Gasteiger partial charge in [0.1, 0.15) is 17.8 Å². The van der Waals surface area contributed by atoms with E-state index in [1.807, 2.05) is 0 Å². The Balaban J connectivity index is 2.68. The number of carbonyl (C=O) groups excluding carboxylic acids is 4. The summed E-state index contributed by atoms with van der Waals surface area (Å²) in [7, 11) is 0. The van der Waals surface area contributed by atoms with Crippen LogP contribution in [-0.2, 0) is 30.4 Å². The number of carboxylic acid groups (broad SMARTS) is 1. The lowest BCUT2D eigenvalue weighted by molar-refractivity contribution is -0.142. The van der Waals surface area contributed by atoms with Gasteiger partial charge in [-0.15, -0.1) is 0 Å². The molecule has 4 amide bonds. The zero-order valence-electron chi connectivity index (χ0n) is 20.2. The van der Waals surface area contributed by atoms with Gasteiger partial charge in [-0.3, -0.25) is 24.2 Å². The van der Waals surface area contributed by atoms with Crippen LogP contribution in [0.15, 0.2) is 29.3 Å². The Morgan fingerprint density at radius 2 is 1.57 bits per heavy atom. The number of hydrogen-bond donors (Lipinski definition) is 9. The van der Waals surface area contributed by atoms with Crippen molar-refractivity contribution < 1.29 is 34.2 Å². The molecule has 0 radical (unpaired) electrons. The molecule has 0 spiro atoms. The van der Waals surface area contributed by atoms with E-state index in [-0.39, 0.29) is 50.4 Å². The molecular weight excluding hydrogens is 488 g/mol. The first kappa shape index (κ1) is 30.6. The highest BCUT2D eigenvalue weighted by Crippen LogP contribution is 2.11. The van der Waals surface area contributed by atoms with E-state index in [0.29, 0.717) is 5.56 Å². The summed E-state index contributed by atoms with van der Waals surface area (Å²) in [6.07, 6.45) is 0.0607. The summed E-state index contributed by atoms with van der Waals surface area (Å²) in [5.74, 6) is -4.34. The van der Waals surface area contributed by atoms with E-state index in [9.17, 15) is 34.2 Å². The van der Waals surface area contributed by atoms with Gasteiger partial charge in [0.05, 0.1) is 12.6 Å². The lowest BCUT2D eigenvalue weighted by atomic mass is 10.0. The van der Waals surface area contributed by atoms with Crippen LogP contribution >= 0.6 is 0 Å². The number of nitrogens with zero attached hydrogens (tertiary/aromatic N) is 1. The molecule has 0 saturated heterocycles. The summed E-state index contributed by atoms with van der Waals surface area (Å²) in [5, 5.41) is 25.7. The Kier molecular flexibility index (Phi) is 12.9. The fourth-order valence-corrected chi connectivity index (χ4v) is 3.11. The van der Waals surface area contributed by atoms with Gasteiger partial charge in [0.15, 0.2) is 5.96 Å². The predicted molar refractivity (Wildman–Crippen MR) is 133 cm³/mol. The Labute approximate surface area is 213 Å². The monoisotopic (exact) mass is 522 g/mol. The third-order valence-corrected chi connectivity index (χ3v) is 5.04. The lowest BCUT2D eigenvalue weighted by Crippen LogP contribution is -2.54. The van der Waals surface area contributed by atoms with Crippen molar-refractivity contribution in [1.82, 2.24) is 16.0 Å². The molecule has 204 valence electrons. The highest BCUT2D eigenvalue weighted by Gasteiger charge is 2.25. The van der Waals surface area contributed by atoms with Crippen molar-refractivity contribution in [3.05, 3.63) is 29.8 Å². The Morgan fingerprint density at radius 3 is 2.14 bits per heavy atom. The number of phenolic OH excluding ortho intramolecular Hbond substituents is 1. The summed E-state index contributed by atoms with van der Waals surface area (Å²) < 4.78 is 0. The molecule has 13 N–H and O–H groups in total. The number of benzene rings is 1. The number of aliphatic imine (C=N–C) groups is 1. The third-order valence-electron chi connectivity index (χ3n) is 5.04. The van der Waals surface area contributed by atoms with Crippen molar-refractivity contribution in [1.29, 1.82) is 0 Å². The zero-order valence-corrected chi connectivity index (χ0v) is 20.2. The molecule has 0 aromatic heterocycles. The van der Waals surface area contributed by atoms with Gasteiger partial charge in [-0.25, -0.2) is 4.79 Å². The molecule has 15 nitrogen and oxygen atoms in total. The summed E-state index contributed by atoms with van der Waals surface area (Å²) in [6.45, 7) is -0.409. The fourth-order valence-electron chi connectivity index (χ4n) is 3.11. The highest BCUT2D eigenvalue weighted by molar-refractivity contribution is 5.93. The number of primary amides is 1. The van der Waals surface area contributed by atoms with Crippen molar-refractivity contribution in [3.63, 3.8) is 0 Å². The first-order chi connectivity index (χ1) is 17.4. The number of hydrogen-bond acceptors (Lipinski definition) is 8. The summed E-state index contributed by atoms with van der Waals surface area (Å²) in [4.78, 5) is 63.7. The van der Waals surface area contributed by atoms with Crippen LogP contribution in [0.3, 0.4) is 0 Å². The second kappa shape index (κ2) is 15.6. The molecule has 37 heavy (non-hydrogen) atoms. The van der Waals surface area contributed by atoms with Crippen molar-refractivity contribution in [2.24, 2.45) is 27.9 Å². The molecule has 0 fully saturated rings. The number of carboxylic acids is 1. The molecule has 0 aliphatic carbocycles. The van der Waals surface area contributed by atoms with Crippen molar-refractivity contribution in [2.75, 3.05) is 13.1 Å². The van der Waals surface area contributed by atoms with Crippen LogP contribution in [0.25, 0.3) is 0 Å². The number of guanidine groups is 1. The molecule has 1 aromatic rings. The second-order valence-corrected chi connectivity index (χ2v) is 8.17. The maximum absolute atomic E-state index is 12.6. The molecule has 0 aliphatic heterocycles. The van der Waals surface area contributed by atoms with E-state index in [1.165, 1.54) is 12.1 Å². The van der Waals surface area contributed by atoms with Crippen molar-refractivity contribution in [2.45, 2.75) is 50.2 Å². The van der Waals surface area contributed by atoms with E-state index in [2.05, 4.69) is 20.9 Å². The van der Waals surface area contributed by atoms with E-state index in [0.717, 1.165) is 0 Å². The summed E-state index contributed by atoms with van der Waals surface area (Å²) in [6, 6.07) is 2.54. The maximum atomic E-state index is 12.6. The Bertz CT molecular complexity index is 980. The number of nitrogens with two attached hydrogens (primary N) is 4. The van der Waals surface area contributed by atoms with E-state index >= 15 is 0 Å². The smallest absolute Gasteiger partial charge is 0.326 e. The zero-order chi connectivity index (χ0) is 28.0. The van der Waals surface area contributed by atoms with Gasteiger partial charge in [0.25, 0.3) is 0 Å². The van der Waals surface area contributed by atoms with Crippen LogP contribution < -0.4 is 38.9 Å². The number of amides is 4. The molecule has 3 unspecified atom stereocenters. The molecule has 15 heteroatoms. The van der Waals surface area contributed by atoms with Crippen LogP contribution in [0.5, 0.6) is 5.75 Å². The quantitative estimate of drug-likeness (QED) is 0.0593. The van der Waals surface area contributed by atoms with Crippen LogP contribution in [-0.4, -0.2) is 77.0 Å². The SMILES string of the molecule is NC(=O)CCC(NC(=O)C(N)Cc1ccc(O)cc1)C(=O)NCC(=O)NC(CCCN=C(N)N)C(=O)O. The van der Waals surface area contributed by atoms with Crippen molar-refractivity contribution >= 4 is 35.6 Å². The lowest BCUT2D eigenvalue weighted by Gasteiger charge is -2.21. The Hall–Kier alpha value is -4.40. The molecule has 3 atom stereocenters. The molecule has 0 heterocycles. The second-order valence-electron chi connectivity index (χ2n) is 8.17. The van der Waals surface area contributed by atoms with Crippen LogP contribution in [0.2, 0.25) is 0 Å². The first-order valence-electron chi connectivity index (χ1n) is 11.4.